The molecule has 0 amide bonds. The highest BCUT2D eigenvalue weighted by atomic mass is 127. The Hall–Kier alpha value is -1.22. The first-order chi connectivity index (χ1) is 11.6. The van der Waals surface area contributed by atoms with E-state index in [1.165, 1.54) is 0 Å². The number of hydrogen-bond acceptors (Lipinski definition) is 4. The summed E-state index contributed by atoms with van der Waals surface area (Å²) in [7, 11) is 5.51. The fourth-order valence-corrected chi connectivity index (χ4v) is 2.77. The van der Waals surface area contributed by atoms with Crippen molar-refractivity contribution in [2.45, 2.75) is 19.4 Å². The molecule has 1 aromatic rings. The van der Waals surface area contributed by atoms with Crippen molar-refractivity contribution in [3.63, 3.8) is 0 Å². The Bertz CT molecular complexity index is 536. The zero-order valence-corrected chi connectivity index (χ0v) is 17.9. The zero-order chi connectivity index (χ0) is 17.4. The summed E-state index contributed by atoms with van der Waals surface area (Å²) in [6, 6.07) is 7.64. The van der Waals surface area contributed by atoms with Crippen molar-refractivity contribution in [2.24, 2.45) is 10.9 Å². The standard InChI is InChI=1S/C18H29N3O3.HI/c1-14(24-17-7-5-6-16(10-17)22-4)11-20-18(19-2)21(3)12-15-8-9-23-13-15;/h5-7,10,14-15H,8-9,11-13H2,1-4H3,(H,19,20);1H. The normalized spacial score (nSPS) is 18.2. The first-order valence-electron chi connectivity index (χ1n) is 8.42. The highest BCUT2D eigenvalue weighted by Gasteiger charge is 2.19. The maximum atomic E-state index is 5.93. The van der Waals surface area contributed by atoms with Gasteiger partial charge in [0, 0.05) is 39.2 Å². The predicted molar refractivity (Wildman–Crippen MR) is 111 cm³/mol. The van der Waals surface area contributed by atoms with Crippen LogP contribution >= 0.6 is 24.0 Å². The second kappa shape index (κ2) is 11.4. The van der Waals surface area contributed by atoms with Crippen LogP contribution < -0.4 is 14.8 Å². The van der Waals surface area contributed by atoms with Crippen LogP contribution in [0.25, 0.3) is 0 Å². The number of benzene rings is 1. The Balaban J connectivity index is 0.00000312. The van der Waals surface area contributed by atoms with Crippen molar-refractivity contribution in [1.82, 2.24) is 10.2 Å². The minimum Gasteiger partial charge on any atom is -0.497 e. The van der Waals surface area contributed by atoms with E-state index in [1.54, 1.807) is 14.2 Å². The number of ether oxygens (including phenoxy) is 3. The van der Waals surface area contributed by atoms with E-state index in [9.17, 15) is 0 Å². The molecule has 2 rings (SSSR count). The largest absolute Gasteiger partial charge is 0.497 e. The van der Waals surface area contributed by atoms with Gasteiger partial charge in [0.2, 0.25) is 0 Å². The van der Waals surface area contributed by atoms with Gasteiger partial charge in [0.1, 0.15) is 17.6 Å². The van der Waals surface area contributed by atoms with E-state index in [4.69, 9.17) is 14.2 Å². The summed E-state index contributed by atoms with van der Waals surface area (Å²) in [6.45, 7) is 5.37. The molecule has 1 aromatic carbocycles. The molecule has 6 nitrogen and oxygen atoms in total. The Morgan fingerprint density at radius 1 is 1.44 bits per heavy atom. The monoisotopic (exact) mass is 463 g/mol. The maximum absolute atomic E-state index is 5.93. The number of guanidine groups is 1. The lowest BCUT2D eigenvalue weighted by atomic mass is 10.1. The number of aliphatic imine (C=N–C) groups is 1. The molecule has 0 saturated carbocycles. The highest BCUT2D eigenvalue weighted by molar-refractivity contribution is 14.0. The molecule has 1 aliphatic heterocycles. The lowest BCUT2D eigenvalue weighted by Crippen LogP contribution is -2.44. The van der Waals surface area contributed by atoms with Gasteiger partial charge >= 0.3 is 0 Å². The van der Waals surface area contributed by atoms with Crippen molar-refractivity contribution in [2.75, 3.05) is 47.5 Å². The molecule has 7 heteroatoms. The second-order valence-electron chi connectivity index (χ2n) is 6.15. The van der Waals surface area contributed by atoms with Crippen molar-refractivity contribution in [3.8, 4) is 11.5 Å². The Morgan fingerprint density at radius 3 is 2.84 bits per heavy atom. The molecule has 2 unspecified atom stereocenters. The van der Waals surface area contributed by atoms with Gasteiger partial charge < -0.3 is 24.4 Å². The van der Waals surface area contributed by atoms with E-state index >= 15 is 0 Å². The summed E-state index contributed by atoms with van der Waals surface area (Å²) in [5.41, 5.74) is 0. The van der Waals surface area contributed by atoms with Crippen LogP contribution in [0.1, 0.15) is 13.3 Å². The molecule has 0 bridgehead atoms. The van der Waals surface area contributed by atoms with Gasteiger partial charge in [0.15, 0.2) is 5.96 Å². The van der Waals surface area contributed by atoms with E-state index in [2.05, 4.69) is 22.3 Å². The molecular weight excluding hydrogens is 433 g/mol. The average Bonchev–Trinajstić information content (AvgIpc) is 3.08. The second-order valence-corrected chi connectivity index (χ2v) is 6.15. The first-order valence-corrected chi connectivity index (χ1v) is 8.42. The Labute approximate surface area is 167 Å². The van der Waals surface area contributed by atoms with Gasteiger partial charge in [-0.15, -0.1) is 24.0 Å². The van der Waals surface area contributed by atoms with Crippen LogP contribution in [0.3, 0.4) is 0 Å². The van der Waals surface area contributed by atoms with Crippen LogP contribution in [0.2, 0.25) is 0 Å². The van der Waals surface area contributed by atoms with Crippen molar-refractivity contribution >= 4 is 29.9 Å². The Morgan fingerprint density at radius 2 is 2.20 bits per heavy atom. The molecule has 1 saturated heterocycles. The fraction of sp³-hybridized carbons (Fsp3) is 0.611. The van der Waals surface area contributed by atoms with Crippen LogP contribution in [0.15, 0.2) is 29.3 Å². The molecule has 1 fully saturated rings. The lowest BCUT2D eigenvalue weighted by molar-refractivity contribution is 0.180. The van der Waals surface area contributed by atoms with E-state index < -0.39 is 0 Å². The maximum Gasteiger partial charge on any atom is 0.193 e. The Kier molecular flexibility index (Phi) is 9.96. The molecule has 0 radical (unpaired) electrons. The number of halogens is 1. The summed E-state index contributed by atoms with van der Waals surface area (Å²) in [5, 5.41) is 3.37. The van der Waals surface area contributed by atoms with Crippen LogP contribution in [-0.2, 0) is 4.74 Å². The van der Waals surface area contributed by atoms with Crippen molar-refractivity contribution in [3.05, 3.63) is 24.3 Å². The highest BCUT2D eigenvalue weighted by Crippen LogP contribution is 2.19. The molecular formula is C18H30IN3O3. The molecule has 0 aromatic heterocycles. The molecule has 1 N–H and O–H groups in total. The molecule has 0 spiro atoms. The van der Waals surface area contributed by atoms with Gasteiger partial charge in [-0.3, -0.25) is 4.99 Å². The summed E-state index contributed by atoms with van der Waals surface area (Å²) in [4.78, 5) is 6.50. The van der Waals surface area contributed by atoms with E-state index in [0.717, 1.165) is 43.6 Å². The first kappa shape index (κ1) is 21.8. The fourth-order valence-electron chi connectivity index (χ4n) is 2.77. The van der Waals surface area contributed by atoms with Gasteiger partial charge in [0.25, 0.3) is 0 Å². The van der Waals surface area contributed by atoms with Gasteiger partial charge in [-0.05, 0) is 25.5 Å². The SMILES string of the molecule is CN=C(NCC(C)Oc1cccc(OC)c1)N(C)CC1CCOC1.I. The quantitative estimate of drug-likeness (QED) is 0.383. The zero-order valence-electron chi connectivity index (χ0n) is 15.5. The van der Waals surface area contributed by atoms with Gasteiger partial charge in [0.05, 0.1) is 20.3 Å². The number of methoxy groups -OCH3 is 1. The molecule has 1 aliphatic rings. The van der Waals surface area contributed by atoms with Gasteiger partial charge in [-0.2, -0.15) is 0 Å². The van der Waals surface area contributed by atoms with Crippen LogP contribution in [0.5, 0.6) is 11.5 Å². The summed E-state index contributed by atoms with van der Waals surface area (Å²) in [6.07, 6.45) is 1.13. The molecule has 2 atom stereocenters. The smallest absolute Gasteiger partial charge is 0.193 e. The van der Waals surface area contributed by atoms with Gasteiger partial charge in [-0.1, -0.05) is 6.07 Å². The number of nitrogens with zero attached hydrogens (tertiary/aromatic N) is 2. The third kappa shape index (κ3) is 7.27. The van der Waals surface area contributed by atoms with E-state index in [1.807, 2.05) is 31.2 Å². The van der Waals surface area contributed by atoms with Gasteiger partial charge in [-0.25, -0.2) is 0 Å². The predicted octanol–water partition coefficient (Wildman–Crippen LogP) is 2.62. The summed E-state index contributed by atoms with van der Waals surface area (Å²) in [5.74, 6) is 3.05. The third-order valence-electron chi connectivity index (χ3n) is 4.06. The molecule has 142 valence electrons. The third-order valence-corrected chi connectivity index (χ3v) is 4.06. The topological polar surface area (TPSA) is 55.3 Å². The average molecular weight is 463 g/mol. The lowest BCUT2D eigenvalue weighted by Gasteiger charge is -2.25. The van der Waals surface area contributed by atoms with E-state index in [0.29, 0.717) is 12.5 Å². The minimum atomic E-state index is 0. The molecule has 25 heavy (non-hydrogen) atoms. The number of rotatable bonds is 7. The van der Waals surface area contributed by atoms with Crippen LogP contribution in [0.4, 0.5) is 0 Å². The van der Waals surface area contributed by atoms with Crippen LogP contribution in [-0.4, -0.2) is 64.5 Å². The van der Waals surface area contributed by atoms with E-state index in [-0.39, 0.29) is 30.1 Å². The molecule has 1 heterocycles. The van der Waals surface area contributed by atoms with Crippen LogP contribution in [0, 0.1) is 5.92 Å². The minimum absolute atomic E-state index is 0. The van der Waals surface area contributed by atoms with Crippen molar-refractivity contribution in [1.29, 1.82) is 0 Å². The summed E-state index contributed by atoms with van der Waals surface area (Å²) < 4.78 is 16.6. The number of hydrogen-bond donors (Lipinski definition) is 1. The molecule has 0 aliphatic carbocycles. The number of nitrogens with one attached hydrogen (secondary N) is 1. The van der Waals surface area contributed by atoms with Crippen molar-refractivity contribution < 1.29 is 14.2 Å². The summed E-state index contributed by atoms with van der Waals surface area (Å²) >= 11 is 0.